The number of nitrogens with two attached hydrogens (primary N) is 1. The highest BCUT2D eigenvalue weighted by Crippen LogP contribution is 2.19. The van der Waals surface area contributed by atoms with Gasteiger partial charge in [0.05, 0.1) is 0 Å². The second-order valence-corrected chi connectivity index (χ2v) is 4.13. The second-order valence-electron chi connectivity index (χ2n) is 4.13. The fourth-order valence-corrected chi connectivity index (χ4v) is 1.57. The third kappa shape index (κ3) is 3.84. The average molecular weight is 270 g/mol. The van der Waals surface area contributed by atoms with E-state index in [1.807, 2.05) is 0 Å². The summed E-state index contributed by atoms with van der Waals surface area (Å²) in [5.41, 5.74) is 3.99. The number of carboxylic acid groups (broad SMARTS) is 1. The molecular weight excluding hydrogens is 257 g/mol. The van der Waals surface area contributed by atoms with Crippen molar-refractivity contribution in [1.82, 2.24) is 4.90 Å². The van der Waals surface area contributed by atoms with Crippen molar-refractivity contribution in [3.05, 3.63) is 0 Å². The van der Waals surface area contributed by atoms with Gasteiger partial charge >= 0.3 is 12.1 Å². The smallest absolute Gasteiger partial charge is 0.411 e. The number of carboxylic acids is 1. The van der Waals surface area contributed by atoms with Crippen LogP contribution < -0.4 is 5.73 Å². The SMILES string of the molecule is NC1(C(=O)O)CCN(C(=O)COCC(F)(F)F)C1. The lowest BCUT2D eigenvalue weighted by Gasteiger charge is -2.20. The Morgan fingerprint density at radius 1 is 1.44 bits per heavy atom. The highest BCUT2D eigenvalue weighted by Gasteiger charge is 2.43. The van der Waals surface area contributed by atoms with E-state index >= 15 is 0 Å². The zero-order valence-corrected chi connectivity index (χ0v) is 9.37. The Labute approximate surface area is 100 Å². The molecular formula is C9H13F3N2O4. The molecule has 0 radical (unpaired) electrons. The van der Waals surface area contributed by atoms with Gasteiger partial charge in [-0.15, -0.1) is 0 Å². The van der Waals surface area contributed by atoms with Crippen LogP contribution in [0, 0.1) is 0 Å². The number of likely N-dealkylation sites (tertiary alicyclic amines) is 1. The van der Waals surface area contributed by atoms with Crippen LogP contribution in [0.5, 0.6) is 0 Å². The normalized spacial score (nSPS) is 24.3. The number of halogens is 3. The predicted molar refractivity (Wildman–Crippen MR) is 52.6 cm³/mol. The number of aliphatic carboxylic acids is 1. The third-order valence-corrected chi connectivity index (χ3v) is 2.57. The molecule has 1 aliphatic heterocycles. The number of alkyl halides is 3. The van der Waals surface area contributed by atoms with Crippen LogP contribution in [0.25, 0.3) is 0 Å². The van der Waals surface area contributed by atoms with Crippen molar-refractivity contribution in [3.8, 4) is 0 Å². The Balaban J connectivity index is 2.39. The molecule has 1 rings (SSSR count). The van der Waals surface area contributed by atoms with E-state index in [1.54, 1.807) is 0 Å². The summed E-state index contributed by atoms with van der Waals surface area (Å²) in [5.74, 6) is -1.94. The van der Waals surface area contributed by atoms with E-state index in [-0.39, 0.29) is 19.5 Å². The maximum Gasteiger partial charge on any atom is 0.411 e. The fraction of sp³-hybridized carbons (Fsp3) is 0.778. The molecule has 1 saturated heterocycles. The molecule has 0 aromatic heterocycles. The molecule has 0 aliphatic carbocycles. The van der Waals surface area contributed by atoms with Crippen LogP contribution in [0.1, 0.15) is 6.42 Å². The van der Waals surface area contributed by atoms with Crippen LogP contribution in [0.4, 0.5) is 13.2 Å². The molecule has 0 aromatic carbocycles. The molecule has 1 amide bonds. The number of carbonyl (C=O) groups excluding carboxylic acids is 1. The van der Waals surface area contributed by atoms with Crippen LogP contribution in [0.3, 0.4) is 0 Å². The Hall–Kier alpha value is -1.35. The topological polar surface area (TPSA) is 92.9 Å². The predicted octanol–water partition coefficient (Wildman–Crippen LogP) is -0.420. The third-order valence-electron chi connectivity index (χ3n) is 2.57. The molecule has 0 saturated carbocycles. The van der Waals surface area contributed by atoms with E-state index < -0.39 is 36.8 Å². The second kappa shape index (κ2) is 5.11. The van der Waals surface area contributed by atoms with Crippen molar-refractivity contribution in [1.29, 1.82) is 0 Å². The molecule has 9 heteroatoms. The van der Waals surface area contributed by atoms with Gasteiger partial charge in [0.1, 0.15) is 18.8 Å². The Kier molecular flexibility index (Phi) is 4.17. The van der Waals surface area contributed by atoms with Gasteiger partial charge in [-0.25, -0.2) is 0 Å². The van der Waals surface area contributed by atoms with Crippen LogP contribution in [-0.4, -0.2) is 59.9 Å². The van der Waals surface area contributed by atoms with E-state index in [0.29, 0.717) is 0 Å². The number of rotatable bonds is 4. The summed E-state index contributed by atoms with van der Waals surface area (Å²) in [6.07, 6.45) is -4.43. The summed E-state index contributed by atoms with van der Waals surface area (Å²) in [4.78, 5) is 23.3. The van der Waals surface area contributed by atoms with Crippen LogP contribution >= 0.6 is 0 Å². The molecule has 0 spiro atoms. The standard InChI is InChI=1S/C9H13F3N2O4/c10-9(11,12)5-18-3-6(15)14-2-1-8(13,4-14)7(16)17/h1-5,13H2,(H,16,17). The van der Waals surface area contributed by atoms with Crippen LogP contribution in [-0.2, 0) is 14.3 Å². The van der Waals surface area contributed by atoms with E-state index in [4.69, 9.17) is 10.8 Å². The number of amides is 1. The lowest BCUT2D eigenvalue weighted by molar-refractivity contribution is -0.177. The van der Waals surface area contributed by atoms with E-state index in [9.17, 15) is 22.8 Å². The summed E-state index contributed by atoms with van der Waals surface area (Å²) in [5, 5.41) is 8.81. The first-order valence-corrected chi connectivity index (χ1v) is 5.09. The fourth-order valence-electron chi connectivity index (χ4n) is 1.57. The summed E-state index contributed by atoms with van der Waals surface area (Å²) in [7, 11) is 0. The van der Waals surface area contributed by atoms with Gasteiger partial charge < -0.3 is 20.5 Å². The van der Waals surface area contributed by atoms with Gasteiger partial charge in [0, 0.05) is 13.1 Å². The molecule has 6 nitrogen and oxygen atoms in total. The number of hydrogen-bond acceptors (Lipinski definition) is 4. The monoisotopic (exact) mass is 270 g/mol. The van der Waals surface area contributed by atoms with Crippen LogP contribution in [0.15, 0.2) is 0 Å². The maximum atomic E-state index is 11.8. The summed E-state index contributed by atoms with van der Waals surface area (Å²) >= 11 is 0. The molecule has 1 aliphatic rings. The number of hydrogen-bond donors (Lipinski definition) is 2. The van der Waals surface area contributed by atoms with Gasteiger partial charge in [-0.05, 0) is 6.42 Å². The quantitative estimate of drug-likeness (QED) is 0.723. The summed E-state index contributed by atoms with van der Waals surface area (Å²) in [6, 6.07) is 0. The first-order valence-electron chi connectivity index (χ1n) is 5.09. The largest absolute Gasteiger partial charge is 0.480 e. The van der Waals surface area contributed by atoms with Crippen molar-refractivity contribution >= 4 is 11.9 Å². The summed E-state index contributed by atoms with van der Waals surface area (Å²) in [6.45, 7) is -2.39. The van der Waals surface area contributed by atoms with Gasteiger partial charge in [0.15, 0.2) is 0 Å². The minimum atomic E-state index is -4.50. The highest BCUT2D eigenvalue weighted by atomic mass is 19.4. The minimum absolute atomic E-state index is 0.0628. The van der Waals surface area contributed by atoms with E-state index in [2.05, 4.69) is 4.74 Å². The van der Waals surface area contributed by atoms with Crippen molar-refractivity contribution in [2.75, 3.05) is 26.3 Å². The van der Waals surface area contributed by atoms with Gasteiger partial charge in [0.25, 0.3) is 0 Å². The maximum absolute atomic E-state index is 11.8. The number of carbonyl (C=O) groups is 2. The molecule has 1 heterocycles. The Morgan fingerprint density at radius 2 is 2.06 bits per heavy atom. The van der Waals surface area contributed by atoms with E-state index in [0.717, 1.165) is 4.90 Å². The molecule has 3 N–H and O–H groups in total. The molecule has 1 atom stereocenters. The average Bonchev–Trinajstić information content (AvgIpc) is 2.60. The molecule has 1 fully saturated rings. The van der Waals surface area contributed by atoms with Crippen molar-refractivity contribution < 1.29 is 32.6 Å². The minimum Gasteiger partial charge on any atom is -0.480 e. The molecule has 0 bridgehead atoms. The van der Waals surface area contributed by atoms with E-state index in [1.165, 1.54) is 0 Å². The zero-order valence-electron chi connectivity index (χ0n) is 9.37. The Morgan fingerprint density at radius 3 is 2.50 bits per heavy atom. The molecule has 0 aromatic rings. The zero-order chi connectivity index (χ0) is 14.0. The molecule has 18 heavy (non-hydrogen) atoms. The van der Waals surface area contributed by atoms with Gasteiger partial charge in [-0.2, -0.15) is 13.2 Å². The van der Waals surface area contributed by atoms with Crippen molar-refractivity contribution in [2.24, 2.45) is 5.73 Å². The Bertz CT molecular complexity index is 347. The van der Waals surface area contributed by atoms with Crippen molar-refractivity contribution in [2.45, 2.75) is 18.1 Å². The number of nitrogens with zero attached hydrogens (tertiary/aromatic N) is 1. The summed E-state index contributed by atoms with van der Waals surface area (Å²) < 4.78 is 39.5. The van der Waals surface area contributed by atoms with Gasteiger partial charge in [-0.1, -0.05) is 0 Å². The van der Waals surface area contributed by atoms with Crippen molar-refractivity contribution in [3.63, 3.8) is 0 Å². The van der Waals surface area contributed by atoms with Crippen LogP contribution in [0.2, 0.25) is 0 Å². The van der Waals surface area contributed by atoms with Gasteiger partial charge in [-0.3, -0.25) is 9.59 Å². The lowest BCUT2D eigenvalue weighted by atomic mass is 10.0. The number of ether oxygens (including phenoxy) is 1. The first-order chi connectivity index (χ1) is 8.14. The lowest BCUT2D eigenvalue weighted by Crippen LogP contribution is -2.51. The molecule has 1 unspecified atom stereocenters. The van der Waals surface area contributed by atoms with Gasteiger partial charge in [0.2, 0.25) is 5.91 Å². The highest BCUT2D eigenvalue weighted by molar-refractivity contribution is 5.83. The molecule has 104 valence electrons. The first kappa shape index (κ1) is 14.7.